The number of carbonyl (C=O) groups is 2. The number of rotatable bonds is 7. The van der Waals surface area contributed by atoms with Gasteiger partial charge in [-0.15, -0.1) is 5.10 Å². The summed E-state index contributed by atoms with van der Waals surface area (Å²) in [6.45, 7) is 2.78. The normalized spacial score (nSPS) is 14.7. The zero-order valence-electron chi connectivity index (χ0n) is 24.1. The molecule has 0 saturated carbocycles. The molecule has 0 aliphatic carbocycles. The molecule has 16 heteroatoms. The molecule has 0 spiro atoms. The molecule has 0 unspecified atom stereocenters. The van der Waals surface area contributed by atoms with Crippen molar-refractivity contribution in [1.29, 1.82) is 0 Å². The average molecular weight is 663 g/mol. The number of alkyl halides is 6. The summed E-state index contributed by atoms with van der Waals surface area (Å²) in [4.78, 5) is 35.1. The van der Waals surface area contributed by atoms with Crippen molar-refractivity contribution in [3.63, 3.8) is 0 Å². The van der Waals surface area contributed by atoms with Crippen molar-refractivity contribution >= 4 is 40.2 Å². The molecule has 0 radical (unpaired) electrons. The van der Waals surface area contributed by atoms with E-state index < -0.39 is 42.9 Å². The van der Waals surface area contributed by atoms with Crippen molar-refractivity contribution in [1.82, 2.24) is 14.8 Å². The summed E-state index contributed by atoms with van der Waals surface area (Å²) in [6.07, 6.45) is -8.82. The van der Waals surface area contributed by atoms with E-state index >= 15 is 0 Å². The topological polar surface area (TPSA) is 102 Å². The molecule has 9 nitrogen and oxygen atoms in total. The average Bonchev–Trinajstić information content (AvgIpc) is 3.61. The van der Waals surface area contributed by atoms with Gasteiger partial charge < -0.3 is 10.1 Å². The van der Waals surface area contributed by atoms with Crippen LogP contribution in [0.4, 0.5) is 42.5 Å². The van der Waals surface area contributed by atoms with Gasteiger partial charge in [-0.1, -0.05) is 23.9 Å². The van der Waals surface area contributed by atoms with Crippen molar-refractivity contribution < 1.29 is 40.7 Å². The third-order valence-electron chi connectivity index (χ3n) is 6.62. The van der Waals surface area contributed by atoms with Gasteiger partial charge in [0.05, 0.1) is 35.7 Å². The lowest BCUT2D eigenvalue weighted by molar-refractivity contribution is -0.139. The number of urea groups is 1. The number of thioether (sulfide) groups is 1. The molecule has 0 atom stereocenters. The Kier molecular flexibility index (Phi) is 9.10. The third kappa shape index (κ3) is 7.67. The Bertz CT molecular complexity index is 1820. The summed E-state index contributed by atoms with van der Waals surface area (Å²) >= 11 is 0.990. The first-order valence-corrected chi connectivity index (χ1v) is 14.5. The largest absolute Gasteiger partial charge is 0.491 e. The number of ether oxygens (including phenoxy) is 1. The van der Waals surface area contributed by atoms with E-state index in [9.17, 15) is 35.9 Å². The number of aliphatic imine (C=N–C) groups is 1. The van der Waals surface area contributed by atoms with Crippen LogP contribution >= 0.6 is 11.8 Å². The molecule has 1 aromatic heterocycles. The first-order chi connectivity index (χ1) is 21.7. The Hall–Kier alpha value is -4.86. The van der Waals surface area contributed by atoms with E-state index in [0.29, 0.717) is 22.4 Å². The number of carbonyl (C=O) groups excluding carboxylic acids is 2. The number of aromatic nitrogens is 3. The fourth-order valence-corrected chi connectivity index (χ4v) is 5.26. The number of nitrogens with one attached hydrogen (secondary N) is 1. The van der Waals surface area contributed by atoms with Crippen molar-refractivity contribution in [2.75, 3.05) is 22.6 Å². The van der Waals surface area contributed by atoms with Crippen LogP contribution in [0, 0.1) is 13.8 Å². The third-order valence-corrected chi connectivity index (χ3v) is 7.54. The molecule has 3 amide bonds. The van der Waals surface area contributed by atoms with Crippen LogP contribution in [-0.2, 0) is 11.0 Å². The van der Waals surface area contributed by atoms with Crippen LogP contribution in [0.2, 0.25) is 0 Å². The molecule has 0 bridgehead atoms. The molecule has 1 aliphatic heterocycles. The van der Waals surface area contributed by atoms with E-state index in [1.807, 2.05) is 0 Å². The summed E-state index contributed by atoms with van der Waals surface area (Å²) < 4.78 is 83.9. The smallest absolute Gasteiger partial charge is 0.416 e. The van der Waals surface area contributed by atoms with Crippen LogP contribution in [0.1, 0.15) is 23.1 Å². The molecule has 240 valence electrons. The monoisotopic (exact) mass is 662 g/mol. The molecule has 3 aromatic carbocycles. The van der Waals surface area contributed by atoms with Crippen LogP contribution in [0.5, 0.6) is 5.75 Å². The SMILES string of the molecule is Cc1ccc(OCCC(F)(F)F)c(N2C(=O)CSC2=NC(=O)Nc2ccc(-c3ncn(-c4cccc(C(F)(F)F)c4)n3)cc2C)c1. The molecule has 5 rings (SSSR count). The Balaban J connectivity index is 1.32. The predicted octanol–water partition coefficient (Wildman–Crippen LogP) is 7.57. The second-order valence-electron chi connectivity index (χ2n) is 10.1. The summed E-state index contributed by atoms with van der Waals surface area (Å²) in [6, 6.07) is 13.4. The van der Waals surface area contributed by atoms with Gasteiger partial charge in [0.25, 0.3) is 0 Å². The maximum absolute atomic E-state index is 13.1. The lowest BCUT2D eigenvalue weighted by Gasteiger charge is -2.21. The number of anilines is 2. The number of hydrogen-bond acceptors (Lipinski definition) is 6. The first kappa shape index (κ1) is 32.5. The highest BCUT2D eigenvalue weighted by Crippen LogP contribution is 2.36. The van der Waals surface area contributed by atoms with Gasteiger partial charge in [0, 0.05) is 11.3 Å². The van der Waals surface area contributed by atoms with Crippen LogP contribution in [0.15, 0.2) is 72.0 Å². The molecule has 46 heavy (non-hydrogen) atoms. The lowest BCUT2D eigenvalue weighted by Crippen LogP contribution is -2.31. The minimum Gasteiger partial charge on any atom is -0.491 e. The second-order valence-corrected chi connectivity index (χ2v) is 11.1. The molecular formula is C30H24F6N6O3S. The van der Waals surface area contributed by atoms with Crippen molar-refractivity contribution in [2.45, 2.75) is 32.6 Å². The van der Waals surface area contributed by atoms with Gasteiger partial charge in [0.15, 0.2) is 11.0 Å². The lowest BCUT2D eigenvalue weighted by atomic mass is 10.1. The van der Waals surface area contributed by atoms with E-state index in [1.54, 1.807) is 44.2 Å². The number of amides is 3. The fraction of sp³-hybridized carbons (Fsp3) is 0.233. The number of benzene rings is 3. The predicted molar refractivity (Wildman–Crippen MR) is 160 cm³/mol. The minimum atomic E-state index is -4.51. The van der Waals surface area contributed by atoms with Gasteiger partial charge in [-0.05, 0) is 73.5 Å². The number of halogens is 6. The molecule has 4 aromatic rings. The standard InChI is InChI=1S/C30H24F6N6O3S/c1-17-6-9-24(45-11-10-29(31,32)33)23(12-17)42-25(43)15-46-28(42)39-27(44)38-22-8-7-19(13-18(22)2)26-37-16-41(40-26)21-5-3-4-20(14-21)30(34,35)36/h3-9,12-14,16H,10-11,15H2,1-2H3,(H,38,44). The van der Waals surface area contributed by atoms with Gasteiger partial charge >= 0.3 is 18.4 Å². The maximum atomic E-state index is 13.1. The van der Waals surface area contributed by atoms with E-state index in [2.05, 4.69) is 20.4 Å². The van der Waals surface area contributed by atoms with Gasteiger partial charge in [0.2, 0.25) is 5.91 Å². The summed E-state index contributed by atoms with van der Waals surface area (Å²) in [5, 5.41) is 6.95. The van der Waals surface area contributed by atoms with Crippen LogP contribution in [0.25, 0.3) is 17.1 Å². The number of hydrogen-bond donors (Lipinski definition) is 1. The highest BCUT2D eigenvalue weighted by molar-refractivity contribution is 8.15. The molecule has 1 N–H and O–H groups in total. The van der Waals surface area contributed by atoms with Gasteiger partial charge in [-0.2, -0.15) is 31.3 Å². The van der Waals surface area contributed by atoms with Crippen molar-refractivity contribution in [3.05, 3.63) is 83.7 Å². The zero-order valence-corrected chi connectivity index (χ0v) is 24.9. The van der Waals surface area contributed by atoms with Crippen LogP contribution in [0.3, 0.4) is 0 Å². The Morgan fingerprint density at radius 1 is 1.04 bits per heavy atom. The van der Waals surface area contributed by atoms with Crippen molar-refractivity contribution in [3.8, 4) is 22.8 Å². The van der Waals surface area contributed by atoms with E-state index in [4.69, 9.17) is 4.74 Å². The molecule has 1 aliphatic rings. The summed E-state index contributed by atoms with van der Waals surface area (Å²) in [5.74, 6) is -0.202. The summed E-state index contributed by atoms with van der Waals surface area (Å²) in [5.41, 5.74) is 1.73. The molecule has 1 saturated heterocycles. The van der Waals surface area contributed by atoms with E-state index in [-0.39, 0.29) is 33.9 Å². The Labute approximate surface area is 262 Å². The number of nitrogens with zero attached hydrogens (tertiary/aromatic N) is 5. The molecule has 2 heterocycles. The first-order valence-electron chi connectivity index (χ1n) is 13.5. The summed E-state index contributed by atoms with van der Waals surface area (Å²) in [7, 11) is 0. The van der Waals surface area contributed by atoms with E-state index in [1.165, 1.54) is 29.2 Å². The molecular weight excluding hydrogens is 638 g/mol. The number of aryl methyl sites for hydroxylation is 2. The highest BCUT2D eigenvalue weighted by Gasteiger charge is 2.34. The van der Waals surface area contributed by atoms with Gasteiger partial charge in [-0.25, -0.2) is 14.5 Å². The Morgan fingerprint density at radius 3 is 2.54 bits per heavy atom. The second kappa shape index (κ2) is 12.9. The quantitative estimate of drug-likeness (QED) is 0.205. The van der Waals surface area contributed by atoms with Crippen LogP contribution < -0.4 is 15.0 Å². The van der Waals surface area contributed by atoms with Crippen molar-refractivity contribution in [2.24, 2.45) is 4.99 Å². The zero-order chi connectivity index (χ0) is 33.2. The van der Waals surface area contributed by atoms with Gasteiger partial charge in [0.1, 0.15) is 12.1 Å². The number of amidine groups is 1. The van der Waals surface area contributed by atoms with Gasteiger partial charge in [-0.3, -0.25) is 9.69 Å². The minimum absolute atomic E-state index is 0.0207. The van der Waals surface area contributed by atoms with E-state index in [0.717, 1.165) is 28.8 Å². The van der Waals surface area contributed by atoms with Crippen LogP contribution in [-0.4, -0.2) is 50.4 Å². The maximum Gasteiger partial charge on any atom is 0.416 e. The Morgan fingerprint density at radius 2 is 1.83 bits per heavy atom. The molecule has 1 fully saturated rings. The fourth-order valence-electron chi connectivity index (χ4n) is 4.40. The highest BCUT2D eigenvalue weighted by atomic mass is 32.2.